The fraction of sp³-hybridized carbons (Fsp3) is 0.105. The third-order valence-electron chi connectivity index (χ3n) is 4.01. The molecule has 0 radical (unpaired) electrons. The number of carbonyl (C=O) groups excluding carboxylic acids is 1. The number of amides is 1. The summed E-state index contributed by atoms with van der Waals surface area (Å²) < 4.78 is 11.4. The lowest BCUT2D eigenvalue weighted by atomic mass is 10.1. The van der Waals surface area contributed by atoms with Crippen LogP contribution >= 0.6 is 24.0 Å². The molecule has 2 aromatic carbocycles. The minimum atomic E-state index is -1.06. The van der Waals surface area contributed by atoms with Crippen LogP contribution in [0.1, 0.15) is 15.9 Å². The summed E-state index contributed by atoms with van der Waals surface area (Å²) in [7, 11) is 0. The van der Waals surface area contributed by atoms with Gasteiger partial charge in [-0.25, -0.2) is 4.79 Å². The fourth-order valence-corrected chi connectivity index (χ4v) is 4.07. The van der Waals surface area contributed by atoms with Crippen LogP contribution in [0.2, 0.25) is 0 Å². The van der Waals surface area contributed by atoms with Crippen LogP contribution in [0.4, 0.5) is 5.69 Å². The van der Waals surface area contributed by atoms with E-state index in [9.17, 15) is 9.59 Å². The predicted octanol–water partition coefficient (Wildman–Crippen LogP) is 3.56. The Morgan fingerprint density at radius 3 is 2.70 bits per heavy atom. The lowest BCUT2D eigenvalue weighted by Gasteiger charge is -2.18. The van der Waals surface area contributed by atoms with Crippen molar-refractivity contribution in [2.45, 2.75) is 0 Å². The zero-order chi connectivity index (χ0) is 19.0. The van der Waals surface area contributed by atoms with Crippen molar-refractivity contribution in [1.29, 1.82) is 0 Å². The van der Waals surface area contributed by atoms with Gasteiger partial charge in [-0.15, -0.1) is 0 Å². The van der Waals surface area contributed by atoms with Crippen molar-refractivity contribution in [2.75, 3.05) is 18.1 Å². The van der Waals surface area contributed by atoms with Gasteiger partial charge in [0, 0.05) is 0 Å². The number of thioether (sulfide) groups is 1. The molecular formula is C19H13NO5S2. The molecule has 2 aliphatic rings. The molecule has 1 fully saturated rings. The van der Waals surface area contributed by atoms with Crippen LogP contribution < -0.4 is 14.4 Å². The Balaban J connectivity index is 1.64. The highest BCUT2D eigenvalue weighted by atomic mass is 32.2. The maximum Gasteiger partial charge on any atom is 0.335 e. The second kappa shape index (κ2) is 7.05. The molecule has 0 saturated carbocycles. The van der Waals surface area contributed by atoms with Crippen molar-refractivity contribution < 1.29 is 24.2 Å². The molecule has 0 unspecified atom stereocenters. The van der Waals surface area contributed by atoms with Crippen LogP contribution in [0.25, 0.3) is 6.08 Å². The molecule has 0 bridgehead atoms. The van der Waals surface area contributed by atoms with Crippen molar-refractivity contribution >= 4 is 51.9 Å². The van der Waals surface area contributed by atoms with E-state index in [4.69, 9.17) is 26.8 Å². The maximum atomic E-state index is 12.8. The van der Waals surface area contributed by atoms with Gasteiger partial charge >= 0.3 is 5.97 Å². The number of benzene rings is 2. The summed E-state index contributed by atoms with van der Waals surface area (Å²) in [6, 6.07) is 11.6. The van der Waals surface area contributed by atoms with Gasteiger partial charge in [0.25, 0.3) is 5.91 Å². The molecule has 0 spiro atoms. The number of nitrogens with zero attached hydrogens (tertiary/aromatic N) is 1. The highest BCUT2D eigenvalue weighted by molar-refractivity contribution is 8.27. The maximum absolute atomic E-state index is 12.8. The first-order valence-electron chi connectivity index (χ1n) is 8.04. The summed E-state index contributed by atoms with van der Waals surface area (Å²) >= 11 is 6.51. The van der Waals surface area contributed by atoms with Gasteiger partial charge in [-0.1, -0.05) is 36.1 Å². The minimum Gasteiger partial charge on any atom is -0.486 e. The Labute approximate surface area is 164 Å². The molecule has 1 amide bonds. The average molecular weight is 399 g/mol. The SMILES string of the molecule is O=C(O)c1cccc(N2C(=O)/C(=C\c3ccc4c(c3)OCCO4)SC2=S)c1. The number of hydrogen-bond donors (Lipinski definition) is 1. The minimum absolute atomic E-state index is 0.0948. The highest BCUT2D eigenvalue weighted by Crippen LogP contribution is 2.37. The third-order valence-corrected chi connectivity index (χ3v) is 5.31. The molecule has 2 aliphatic heterocycles. The Morgan fingerprint density at radius 2 is 1.93 bits per heavy atom. The van der Waals surface area contributed by atoms with E-state index in [0.717, 1.165) is 5.56 Å². The molecule has 27 heavy (non-hydrogen) atoms. The summed E-state index contributed by atoms with van der Waals surface area (Å²) in [5.74, 6) is -0.0346. The van der Waals surface area contributed by atoms with E-state index in [1.165, 1.54) is 28.8 Å². The van der Waals surface area contributed by atoms with Gasteiger partial charge in [-0.2, -0.15) is 0 Å². The number of thiocarbonyl (C=S) groups is 1. The second-order valence-electron chi connectivity index (χ2n) is 5.78. The first-order valence-corrected chi connectivity index (χ1v) is 9.26. The van der Waals surface area contributed by atoms with Crippen LogP contribution in [0.15, 0.2) is 47.4 Å². The van der Waals surface area contributed by atoms with Crippen LogP contribution in [0, 0.1) is 0 Å². The summed E-state index contributed by atoms with van der Waals surface area (Å²) in [6.45, 7) is 0.999. The first-order chi connectivity index (χ1) is 13.0. The Kier molecular flexibility index (Phi) is 4.59. The largest absolute Gasteiger partial charge is 0.486 e. The van der Waals surface area contributed by atoms with Crippen molar-refractivity contribution in [3.8, 4) is 11.5 Å². The highest BCUT2D eigenvalue weighted by Gasteiger charge is 2.33. The van der Waals surface area contributed by atoms with Gasteiger partial charge < -0.3 is 14.6 Å². The lowest BCUT2D eigenvalue weighted by molar-refractivity contribution is -0.113. The zero-order valence-electron chi connectivity index (χ0n) is 13.9. The van der Waals surface area contributed by atoms with E-state index < -0.39 is 5.97 Å². The quantitative estimate of drug-likeness (QED) is 0.625. The van der Waals surface area contributed by atoms with Gasteiger partial charge in [0.2, 0.25) is 0 Å². The van der Waals surface area contributed by atoms with E-state index in [2.05, 4.69) is 0 Å². The molecule has 8 heteroatoms. The Hall–Kier alpha value is -2.84. The smallest absolute Gasteiger partial charge is 0.335 e. The number of rotatable bonds is 3. The van der Waals surface area contributed by atoms with E-state index in [1.54, 1.807) is 24.3 Å². The number of carbonyl (C=O) groups is 2. The van der Waals surface area contributed by atoms with Crippen LogP contribution in [0.5, 0.6) is 11.5 Å². The van der Waals surface area contributed by atoms with Crippen LogP contribution in [0.3, 0.4) is 0 Å². The van der Waals surface area contributed by atoms with Crippen LogP contribution in [-0.2, 0) is 4.79 Å². The van der Waals surface area contributed by atoms with Crippen LogP contribution in [-0.4, -0.2) is 34.5 Å². The molecule has 0 aromatic heterocycles. The lowest BCUT2D eigenvalue weighted by Crippen LogP contribution is -2.27. The van der Waals surface area contributed by atoms with Gasteiger partial charge in [0.1, 0.15) is 13.2 Å². The first kappa shape index (κ1) is 17.6. The summed E-state index contributed by atoms with van der Waals surface area (Å²) in [4.78, 5) is 25.8. The van der Waals surface area contributed by atoms with Crippen molar-refractivity contribution in [2.24, 2.45) is 0 Å². The molecule has 1 saturated heterocycles. The summed E-state index contributed by atoms with van der Waals surface area (Å²) in [5.41, 5.74) is 1.32. The van der Waals surface area contributed by atoms with E-state index in [0.29, 0.717) is 39.6 Å². The molecule has 4 rings (SSSR count). The Morgan fingerprint density at radius 1 is 1.15 bits per heavy atom. The molecule has 0 atom stereocenters. The van der Waals surface area contributed by atoms with E-state index in [-0.39, 0.29) is 11.5 Å². The summed E-state index contributed by atoms with van der Waals surface area (Å²) in [6.07, 6.45) is 1.73. The number of anilines is 1. The van der Waals surface area contributed by atoms with Gasteiger partial charge in [-0.05, 0) is 42.0 Å². The van der Waals surface area contributed by atoms with E-state index >= 15 is 0 Å². The van der Waals surface area contributed by atoms with Crippen molar-refractivity contribution in [3.05, 3.63) is 58.5 Å². The second-order valence-corrected chi connectivity index (χ2v) is 7.45. The fourth-order valence-electron chi connectivity index (χ4n) is 2.77. The van der Waals surface area contributed by atoms with Gasteiger partial charge in [0.05, 0.1) is 16.2 Å². The average Bonchev–Trinajstić information content (AvgIpc) is 2.95. The topological polar surface area (TPSA) is 76.1 Å². The summed E-state index contributed by atoms with van der Waals surface area (Å²) in [5, 5.41) is 9.15. The zero-order valence-corrected chi connectivity index (χ0v) is 15.5. The molecule has 2 heterocycles. The van der Waals surface area contributed by atoms with Crippen molar-refractivity contribution in [1.82, 2.24) is 0 Å². The molecule has 136 valence electrons. The molecule has 1 N–H and O–H groups in total. The molecule has 6 nitrogen and oxygen atoms in total. The predicted molar refractivity (Wildman–Crippen MR) is 106 cm³/mol. The number of carboxylic acids is 1. The van der Waals surface area contributed by atoms with Gasteiger partial charge in [0.15, 0.2) is 15.8 Å². The normalized spacial score (nSPS) is 17.5. The third kappa shape index (κ3) is 3.41. The standard InChI is InChI=1S/C19H13NO5S2/c21-17-16(9-11-4-5-14-15(8-11)25-7-6-24-14)27-19(26)20(17)13-3-1-2-12(10-13)18(22)23/h1-5,8-10H,6-7H2,(H,22,23)/b16-9+. The van der Waals surface area contributed by atoms with E-state index in [1.807, 2.05) is 12.1 Å². The molecule has 0 aliphatic carbocycles. The molecular weight excluding hydrogens is 386 g/mol. The van der Waals surface area contributed by atoms with Crippen molar-refractivity contribution in [3.63, 3.8) is 0 Å². The number of carboxylic acid groups (broad SMARTS) is 1. The number of aromatic carboxylic acids is 1. The van der Waals surface area contributed by atoms with Gasteiger partial charge in [-0.3, -0.25) is 9.69 Å². The number of hydrogen-bond acceptors (Lipinski definition) is 6. The monoisotopic (exact) mass is 399 g/mol. The number of fused-ring (bicyclic) bond motifs is 1. The Bertz CT molecular complexity index is 1000. The number of ether oxygens (including phenoxy) is 2. The molecule has 2 aromatic rings.